The van der Waals surface area contributed by atoms with Crippen molar-refractivity contribution < 1.29 is 27.5 Å². The van der Waals surface area contributed by atoms with Crippen molar-refractivity contribution in [2.24, 2.45) is 0 Å². The molecule has 0 aliphatic rings. The van der Waals surface area contributed by atoms with E-state index in [1.165, 1.54) is 32.4 Å². The van der Waals surface area contributed by atoms with Crippen molar-refractivity contribution in [3.8, 4) is 5.75 Å². The third-order valence-electron chi connectivity index (χ3n) is 4.68. The van der Waals surface area contributed by atoms with E-state index in [-0.39, 0.29) is 16.4 Å². The van der Waals surface area contributed by atoms with Gasteiger partial charge in [-0.2, -0.15) is 0 Å². The minimum absolute atomic E-state index is 0.0574. The molecule has 2 aromatic carbocycles. The van der Waals surface area contributed by atoms with Gasteiger partial charge in [-0.3, -0.25) is 4.79 Å². The predicted molar refractivity (Wildman–Crippen MR) is 117 cm³/mol. The van der Waals surface area contributed by atoms with Crippen LogP contribution in [-0.4, -0.2) is 45.9 Å². The SMILES string of the molecule is CNS(=O)(=O)c1cc(/C=C/C(=O)OCC(=O)c2c(C)[nH]c3ccccc23)ccc1OC. The number of hydrogen-bond donors (Lipinski definition) is 2. The average molecular weight is 442 g/mol. The molecule has 1 heterocycles. The Morgan fingerprint density at radius 1 is 1.16 bits per heavy atom. The molecule has 0 saturated heterocycles. The first-order chi connectivity index (χ1) is 14.8. The Bertz CT molecular complexity index is 1270. The van der Waals surface area contributed by atoms with Crippen LogP contribution >= 0.6 is 0 Å². The summed E-state index contributed by atoms with van der Waals surface area (Å²) in [5, 5.41) is 0.771. The minimum Gasteiger partial charge on any atom is -0.495 e. The Balaban J connectivity index is 1.70. The number of aromatic nitrogens is 1. The lowest BCUT2D eigenvalue weighted by Crippen LogP contribution is -2.19. The molecule has 0 spiro atoms. The third-order valence-corrected chi connectivity index (χ3v) is 6.11. The highest BCUT2D eigenvalue weighted by Gasteiger charge is 2.18. The van der Waals surface area contributed by atoms with Gasteiger partial charge in [0.05, 0.1) is 7.11 Å². The van der Waals surface area contributed by atoms with Crippen LogP contribution in [0.3, 0.4) is 0 Å². The van der Waals surface area contributed by atoms with E-state index in [1.807, 2.05) is 24.3 Å². The summed E-state index contributed by atoms with van der Waals surface area (Å²) in [7, 11) is -1.09. The molecule has 0 aliphatic heterocycles. The zero-order valence-corrected chi connectivity index (χ0v) is 18.1. The number of hydrogen-bond acceptors (Lipinski definition) is 6. The first-order valence-electron chi connectivity index (χ1n) is 9.33. The highest BCUT2D eigenvalue weighted by atomic mass is 32.2. The quantitative estimate of drug-likeness (QED) is 0.315. The Morgan fingerprint density at radius 2 is 1.90 bits per heavy atom. The number of benzene rings is 2. The lowest BCUT2D eigenvalue weighted by Gasteiger charge is -2.09. The number of H-pyrrole nitrogens is 1. The zero-order valence-electron chi connectivity index (χ0n) is 17.3. The number of ketones is 1. The number of methoxy groups -OCH3 is 1. The van der Waals surface area contributed by atoms with Gasteiger partial charge >= 0.3 is 5.97 Å². The van der Waals surface area contributed by atoms with Crippen molar-refractivity contribution in [3.05, 3.63) is 65.4 Å². The van der Waals surface area contributed by atoms with E-state index >= 15 is 0 Å². The summed E-state index contributed by atoms with van der Waals surface area (Å²) in [6.45, 7) is 1.38. The fraction of sp³-hybridized carbons (Fsp3) is 0.182. The molecule has 0 amide bonds. The van der Waals surface area contributed by atoms with Gasteiger partial charge in [0.1, 0.15) is 10.6 Å². The van der Waals surface area contributed by atoms with Crippen LogP contribution in [0.2, 0.25) is 0 Å². The number of carbonyl (C=O) groups is 2. The Morgan fingerprint density at radius 3 is 2.61 bits per heavy atom. The number of rotatable bonds is 8. The van der Waals surface area contributed by atoms with Crippen molar-refractivity contribution in [2.75, 3.05) is 20.8 Å². The zero-order chi connectivity index (χ0) is 22.6. The maximum atomic E-state index is 12.6. The van der Waals surface area contributed by atoms with E-state index in [0.29, 0.717) is 16.8 Å². The summed E-state index contributed by atoms with van der Waals surface area (Å²) in [6, 6.07) is 11.8. The van der Waals surface area contributed by atoms with E-state index in [2.05, 4.69) is 9.71 Å². The highest BCUT2D eigenvalue weighted by molar-refractivity contribution is 7.89. The topological polar surface area (TPSA) is 115 Å². The number of Topliss-reactive ketones (excluding diaryl/α,β-unsaturated/α-hetero) is 1. The van der Waals surface area contributed by atoms with Crippen molar-refractivity contribution in [1.29, 1.82) is 0 Å². The molecule has 0 unspecified atom stereocenters. The second kappa shape index (κ2) is 9.15. The van der Waals surface area contributed by atoms with E-state index in [1.54, 1.807) is 13.0 Å². The van der Waals surface area contributed by atoms with Crippen LogP contribution in [0.5, 0.6) is 5.75 Å². The standard InChI is InChI=1S/C22H22N2O6S/c1-14-22(16-6-4-5-7-17(16)24-14)18(25)13-30-21(26)11-9-15-8-10-19(29-3)20(12-15)31(27,28)23-2/h4-12,23-24H,13H2,1-3H3/b11-9+. The van der Waals surface area contributed by atoms with Crippen molar-refractivity contribution in [3.63, 3.8) is 0 Å². The predicted octanol–water partition coefficient (Wildman–Crippen LogP) is 2.83. The number of para-hydroxylation sites is 1. The number of aryl methyl sites for hydroxylation is 1. The van der Waals surface area contributed by atoms with Crippen molar-refractivity contribution in [1.82, 2.24) is 9.71 Å². The van der Waals surface area contributed by atoms with Gasteiger partial charge in [0.25, 0.3) is 0 Å². The van der Waals surface area contributed by atoms with E-state index < -0.39 is 22.6 Å². The second-order valence-corrected chi connectivity index (χ2v) is 8.51. The molecule has 1 aromatic heterocycles. The summed E-state index contributed by atoms with van der Waals surface area (Å²) in [6.07, 6.45) is 2.53. The van der Waals surface area contributed by atoms with E-state index in [9.17, 15) is 18.0 Å². The van der Waals surface area contributed by atoms with Gasteiger partial charge in [0, 0.05) is 28.2 Å². The van der Waals surface area contributed by atoms with Gasteiger partial charge in [0.15, 0.2) is 6.61 Å². The number of fused-ring (bicyclic) bond motifs is 1. The molecular weight excluding hydrogens is 420 g/mol. The fourth-order valence-electron chi connectivity index (χ4n) is 3.17. The van der Waals surface area contributed by atoms with Crippen LogP contribution in [0.1, 0.15) is 21.6 Å². The van der Waals surface area contributed by atoms with Crippen LogP contribution < -0.4 is 9.46 Å². The van der Waals surface area contributed by atoms with Gasteiger partial charge in [0.2, 0.25) is 15.8 Å². The Labute approximate surface area is 179 Å². The van der Waals surface area contributed by atoms with E-state index in [4.69, 9.17) is 9.47 Å². The molecule has 0 bridgehead atoms. The first-order valence-corrected chi connectivity index (χ1v) is 10.8. The van der Waals surface area contributed by atoms with Crippen LogP contribution in [0.15, 0.2) is 53.4 Å². The molecule has 0 aliphatic carbocycles. The Hall–Kier alpha value is -3.43. The third kappa shape index (κ3) is 4.84. The first kappa shape index (κ1) is 22.3. The number of carbonyl (C=O) groups excluding carboxylic acids is 2. The van der Waals surface area contributed by atoms with Crippen LogP contribution in [0, 0.1) is 6.92 Å². The van der Waals surface area contributed by atoms with Gasteiger partial charge in [-0.25, -0.2) is 17.9 Å². The molecule has 0 fully saturated rings. The number of ether oxygens (including phenoxy) is 2. The number of nitrogens with one attached hydrogen (secondary N) is 2. The van der Waals surface area contributed by atoms with Gasteiger partial charge in [-0.15, -0.1) is 0 Å². The van der Waals surface area contributed by atoms with E-state index in [0.717, 1.165) is 17.0 Å². The fourth-order valence-corrected chi connectivity index (χ4v) is 4.10. The summed E-state index contributed by atoms with van der Waals surface area (Å²) in [4.78, 5) is 27.7. The number of esters is 1. The molecule has 3 aromatic rings. The lowest BCUT2D eigenvalue weighted by molar-refractivity contribution is -0.136. The van der Waals surface area contributed by atoms with Gasteiger partial charge in [-0.1, -0.05) is 24.3 Å². The van der Waals surface area contributed by atoms with Gasteiger partial charge in [-0.05, 0) is 43.8 Å². The normalized spacial score (nSPS) is 11.7. The molecule has 2 N–H and O–H groups in total. The van der Waals surface area contributed by atoms with Crippen molar-refractivity contribution in [2.45, 2.75) is 11.8 Å². The second-order valence-electron chi connectivity index (χ2n) is 6.65. The average Bonchev–Trinajstić information content (AvgIpc) is 3.11. The summed E-state index contributed by atoms with van der Waals surface area (Å²) in [5.74, 6) is -0.864. The molecule has 0 saturated carbocycles. The largest absolute Gasteiger partial charge is 0.495 e. The van der Waals surface area contributed by atoms with Crippen LogP contribution in [0.25, 0.3) is 17.0 Å². The molecule has 0 radical (unpaired) electrons. The minimum atomic E-state index is -3.74. The summed E-state index contributed by atoms with van der Waals surface area (Å²) >= 11 is 0. The molecular formula is C22H22N2O6S. The maximum absolute atomic E-state index is 12.6. The summed E-state index contributed by atoms with van der Waals surface area (Å²) < 4.78 is 36.6. The number of aromatic amines is 1. The summed E-state index contributed by atoms with van der Waals surface area (Å²) in [5.41, 5.74) is 2.48. The molecule has 162 valence electrons. The molecule has 31 heavy (non-hydrogen) atoms. The van der Waals surface area contributed by atoms with Crippen LogP contribution in [0.4, 0.5) is 0 Å². The molecule has 0 atom stereocenters. The monoisotopic (exact) mass is 442 g/mol. The molecule has 9 heteroatoms. The van der Waals surface area contributed by atoms with Crippen LogP contribution in [-0.2, 0) is 19.6 Å². The van der Waals surface area contributed by atoms with Gasteiger partial charge < -0.3 is 14.5 Å². The maximum Gasteiger partial charge on any atom is 0.331 e. The molecule has 8 nitrogen and oxygen atoms in total. The molecule has 3 rings (SSSR count). The smallest absolute Gasteiger partial charge is 0.331 e. The van der Waals surface area contributed by atoms with Crippen molar-refractivity contribution >= 4 is 38.8 Å². The highest BCUT2D eigenvalue weighted by Crippen LogP contribution is 2.25. The Kier molecular flexibility index (Phi) is 6.57. The lowest BCUT2D eigenvalue weighted by atomic mass is 10.1. The number of sulfonamides is 1.